The molecule has 2 aromatic rings. The van der Waals surface area contributed by atoms with Gasteiger partial charge in [0.25, 0.3) is 0 Å². The molecule has 5 nitrogen and oxygen atoms in total. The van der Waals surface area contributed by atoms with Gasteiger partial charge in [-0.3, -0.25) is 4.98 Å². The van der Waals surface area contributed by atoms with Crippen molar-refractivity contribution in [3.8, 4) is 0 Å². The van der Waals surface area contributed by atoms with Gasteiger partial charge in [0.15, 0.2) is 0 Å². The number of imidazole rings is 1. The van der Waals surface area contributed by atoms with Gasteiger partial charge < -0.3 is 15.0 Å². The fraction of sp³-hybridized carbons (Fsp3) is 0.571. The highest BCUT2D eigenvalue weighted by Crippen LogP contribution is 2.18. The summed E-state index contributed by atoms with van der Waals surface area (Å²) in [7, 11) is -1.04. The van der Waals surface area contributed by atoms with E-state index in [1.54, 1.807) is 6.20 Å². The molecular formula is C14H24N4OSi. The van der Waals surface area contributed by atoms with E-state index in [4.69, 9.17) is 10.5 Å². The topological polar surface area (TPSA) is 66.0 Å². The van der Waals surface area contributed by atoms with Crippen LogP contribution in [0.25, 0.3) is 11.0 Å². The van der Waals surface area contributed by atoms with Crippen molar-refractivity contribution < 1.29 is 4.74 Å². The largest absolute Gasteiger partial charge is 0.361 e. The molecule has 0 fully saturated rings. The van der Waals surface area contributed by atoms with Gasteiger partial charge in [-0.1, -0.05) is 19.6 Å². The van der Waals surface area contributed by atoms with Crippen LogP contribution >= 0.6 is 0 Å². The van der Waals surface area contributed by atoms with Gasteiger partial charge in [0.05, 0.1) is 17.2 Å². The maximum absolute atomic E-state index is 5.82. The number of pyridine rings is 1. The summed E-state index contributed by atoms with van der Waals surface area (Å²) in [5, 5.41) is 0. The Labute approximate surface area is 121 Å². The molecule has 2 aromatic heterocycles. The third-order valence-corrected chi connectivity index (χ3v) is 5.07. The predicted molar refractivity (Wildman–Crippen MR) is 84.3 cm³/mol. The van der Waals surface area contributed by atoms with Gasteiger partial charge in [0, 0.05) is 33.0 Å². The molecule has 2 heterocycles. The standard InChI is InChI=1S/C14H24N4OSi/c1-11-17-14-12(7-15)8-16-9-13(14)18(11)10-19-5-6-20(2,3)4/h8-9H,5-7,10,15H2,1-4H3. The first kappa shape index (κ1) is 15.2. The molecule has 2 rings (SSSR count). The van der Waals surface area contributed by atoms with Crippen molar-refractivity contribution >= 4 is 19.1 Å². The van der Waals surface area contributed by atoms with Crippen LogP contribution in [0.15, 0.2) is 12.4 Å². The molecule has 0 unspecified atom stereocenters. The first-order chi connectivity index (χ1) is 9.42. The normalized spacial score (nSPS) is 12.2. The zero-order valence-electron chi connectivity index (χ0n) is 12.8. The second-order valence-electron chi connectivity index (χ2n) is 6.31. The Morgan fingerprint density at radius 3 is 2.70 bits per heavy atom. The van der Waals surface area contributed by atoms with E-state index in [9.17, 15) is 0 Å². The van der Waals surface area contributed by atoms with E-state index < -0.39 is 8.07 Å². The monoisotopic (exact) mass is 292 g/mol. The van der Waals surface area contributed by atoms with Gasteiger partial charge in [0.2, 0.25) is 0 Å². The summed E-state index contributed by atoms with van der Waals surface area (Å²) in [6.45, 7) is 10.8. The highest BCUT2D eigenvalue weighted by Gasteiger charge is 2.13. The van der Waals surface area contributed by atoms with Crippen LogP contribution in [0, 0.1) is 6.92 Å². The molecule has 0 aromatic carbocycles. The molecule has 0 spiro atoms. The minimum atomic E-state index is -1.04. The lowest BCUT2D eigenvalue weighted by molar-refractivity contribution is 0.0885. The Kier molecular flexibility index (Phi) is 4.57. The highest BCUT2D eigenvalue weighted by atomic mass is 28.3. The van der Waals surface area contributed by atoms with Gasteiger partial charge in [-0.2, -0.15) is 0 Å². The molecule has 0 aliphatic rings. The van der Waals surface area contributed by atoms with E-state index in [-0.39, 0.29) is 0 Å². The van der Waals surface area contributed by atoms with Gasteiger partial charge in [-0.15, -0.1) is 0 Å². The maximum atomic E-state index is 5.82. The van der Waals surface area contributed by atoms with Crippen LogP contribution in [0.1, 0.15) is 11.4 Å². The fourth-order valence-corrected chi connectivity index (χ4v) is 2.81. The SMILES string of the molecule is Cc1nc2c(CN)cncc2n1COCC[Si](C)(C)C. The van der Waals surface area contributed by atoms with Crippen LogP contribution < -0.4 is 5.73 Å². The second-order valence-corrected chi connectivity index (χ2v) is 11.9. The lowest BCUT2D eigenvalue weighted by Crippen LogP contribution is -2.22. The van der Waals surface area contributed by atoms with Gasteiger partial charge in [0.1, 0.15) is 12.6 Å². The smallest absolute Gasteiger partial charge is 0.124 e. The summed E-state index contributed by atoms with van der Waals surface area (Å²) in [6.07, 6.45) is 3.61. The molecule has 6 heteroatoms. The number of aryl methyl sites for hydroxylation is 1. The summed E-state index contributed by atoms with van der Waals surface area (Å²) in [5.74, 6) is 0.940. The van der Waals surface area contributed by atoms with Crippen LogP contribution in [0.2, 0.25) is 25.7 Å². The number of fused-ring (bicyclic) bond motifs is 1. The zero-order valence-corrected chi connectivity index (χ0v) is 13.8. The van der Waals surface area contributed by atoms with Crippen molar-refractivity contribution in [3.05, 3.63) is 23.8 Å². The zero-order chi connectivity index (χ0) is 14.8. The number of rotatable bonds is 6. The van der Waals surface area contributed by atoms with Crippen LogP contribution in [0.4, 0.5) is 0 Å². The predicted octanol–water partition coefficient (Wildman–Crippen LogP) is 2.51. The average Bonchev–Trinajstić information content (AvgIpc) is 2.69. The lowest BCUT2D eigenvalue weighted by Gasteiger charge is -2.16. The van der Waals surface area contributed by atoms with Crippen LogP contribution in [0.3, 0.4) is 0 Å². The third kappa shape index (κ3) is 3.44. The Hall–Kier alpha value is -1.24. The number of hydrogen-bond donors (Lipinski definition) is 1. The van der Waals surface area contributed by atoms with Crippen molar-refractivity contribution in [2.45, 2.75) is 45.9 Å². The van der Waals surface area contributed by atoms with E-state index in [0.29, 0.717) is 13.3 Å². The summed E-state index contributed by atoms with van der Waals surface area (Å²) >= 11 is 0. The molecule has 0 aliphatic heterocycles. The number of nitrogens with two attached hydrogens (primary N) is 1. The van der Waals surface area contributed by atoms with Gasteiger partial charge >= 0.3 is 0 Å². The van der Waals surface area contributed by atoms with Crippen LogP contribution in [0.5, 0.6) is 0 Å². The van der Waals surface area contributed by atoms with E-state index in [0.717, 1.165) is 29.0 Å². The number of aromatic nitrogens is 3. The van der Waals surface area contributed by atoms with Crippen LogP contribution in [-0.4, -0.2) is 29.2 Å². The molecule has 0 bridgehead atoms. The summed E-state index contributed by atoms with van der Waals surface area (Å²) in [6, 6.07) is 1.17. The van der Waals surface area contributed by atoms with Crippen molar-refractivity contribution in [2.24, 2.45) is 5.73 Å². The highest BCUT2D eigenvalue weighted by molar-refractivity contribution is 6.76. The molecule has 0 aliphatic carbocycles. The minimum Gasteiger partial charge on any atom is -0.361 e. The third-order valence-electron chi connectivity index (χ3n) is 3.37. The molecule has 2 N–H and O–H groups in total. The summed E-state index contributed by atoms with van der Waals surface area (Å²) in [5.41, 5.74) is 8.64. The summed E-state index contributed by atoms with van der Waals surface area (Å²) in [4.78, 5) is 8.82. The summed E-state index contributed by atoms with van der Waals surface area (Å²) < 4.78 is 7.88. The average molecular weight is 292 g/mol. The van der Waals surface area contributed by atoms with Crippen LogP contribution in [-0.2, 0) is 18.0 Å². The van der Waals surface area contributed by atoms with Gasteiger partial charge in [-0.25, -0.2) is 4.98 Å². The van der Waals surface area contributed by atoms with E-state index in [1.807, 2.05) is 13.1 Å². The molecule has 20 heavy (non-hydrogen) atoms. The number of hydrogen-bond acceptors (Lipinski definition) is 4. The number of ether oxygens (including phenoxy) is 1. The van der Waals surface area contributed by atoms with Gasteiger partial charge in [-0.05, 0) is 13.0 Å². The van der Waals surface area contributed by atoms with E-state index in [1.165, 1.54) is 6.04 Å². The van der Waals surface area contributed by atoms with Crippen molar-refractivity contribution in [3.63, 3.8) is 0 Å². The van der Waals surface area contributed by atoms with E-state index in [2.05, 4.69) is 34.2 Å². The molecule has 0 atom stereocenters. The number of nitrogens with zero attached hydrogens (tertiary/aromatic N) is 3. The maximum Gasteiger partial charge on any atom is 0.124 e. The molecule has 0 radical (unpaired) electrons. The quantitative estimate of drug-likeness (QED) is 0.656. The second kappa shape index (κ2) is 6.03. The van der Waals surface area contributed by atoms with Crippen molar-refractivity contribution in [1.29, 1.82) is 0 Å². The minimum absolute atomic E-state index is 0.456. The molecule has 0 saturated heterocycles. The molecule has 0 amide bonds. The molecule has 110 valence electrons. The van der Waals surface area contributed by atoms with Crippen molar-refractivity contribution in [2.75, 3.05) is 6.61 Å². The first-order valence-electron chi connectivity index (χ1n) is 7.00. The Morgan fingerprint density at radius 2 is 2.05 bits per heavy atom. The lowest BCUT2D eigenvalue weighted by atomic mass is 10.2. The first-order valence-corrected chi connectivity index (χ1v) is 10.7. The Balaban J connectivity index is 2.12. The fourth-order valence-electron chi connectivity index (χ4n) is 2.05. The Bertz CT molecular complexity index is 589. The van der Waals surface area contributed by atoms with E-state index >= 15 is 0 Å². The Morgan fingerprint density at radius 1 is 1.30 bits per heavy atom. The molecular weight excluding hydrogens is 268 g/mol. The van der Waals surface area contributed by atoms with Crippen molar-refractivity contribution in [1.82, 2.24) is 14.5 Å². The molecule has 0 saturated carbocycles.